The molecule has 8 nitrogen and oxygen atoms in total. The lowest BCUT2D eigenvalue weighted by Crippen LogP contribution is -2.46. The lowest BCUT2D eigenvalue weighted by molar-refractivity contribution is -0.112. The number of nitrogens with zero attached hydrogens (tertiary/aromatic N) is 5. The normalized spacial score (nSPS) is 18.0. The molecule has 1 saturated heterocycles. The van der Waals surface area contributed by atoms with Crippen molar-refractivity contribution >= 4 is 55.9 Å². The van der Waals surface area contributed by atoms with E-state index in [0.717, 1.165) is 23.2 Å². The number of ether oxygens (including phenoxy) is 1. The lowest BCUT2D eigenvalue weighted by Gasteiger charge is -2.30. The number of hydrogen-bond acceptors (Lipinski definition) is 7. The highest BCUT2D eigenvalue weighted by molar-refractivity contribution is 9.10. The van der Waals surface area contributed by atoms with E-state index in [0.29, 0.717) is 41.5 Å². The Balaban J connectivity index is 1.63. The van der Waals surface area contributed by atoms with E-state index in [4.69, 9.17) is 4.74 Å². The van der Waals surface area contributed by atoms with Crippen LogP contribution in [-0.2, 0) is 9.53 Å². The van der Waals surface area contributed by atoms with Gasteiger partial charge in [0.15, 0.2) is 10.9 Å². The molecule has 1 aromatic heterocycles. The maximum absolute atomic E-state index is 13.5. The second kappa shape index (κ2) is 8.78. The summed E-state index contributed by atoms with van der Waals surface area (Å²) in [4.78, 5) is 35.2. The van der Waals surface area contributed by atoms with Gasteiger partial charge in [0.05, 0.1) is 36.5 Å². The predicted molar refractivity (Wildman–Crippen MR) is 129 cm³/mol. The third-order valence-electron chi connectivity index (χ3n) is 5.50. The van der Waals surface area contributed by atoms with Gasteiger partial charge in [-0.1, -0.05) is 39.8 Å². The molecule has 0 spiro atoms. The Morgan fingerprint density at radius 1 is 1.16 bits per heavy atom. The number of para-hydroxylation sites is 1. The van der Waals surface area contributed by atoms with Gasteiger partial charge in [0.2, 0.25) is 0 Å². The molecule has 0 N–H and O–H groups in total. The fourth-order valence-corrected chi connectivity index (χ4v) is 4.74. The minimum Gasteiger partial charge on any atom is -0.379 e. The van der Waals surface area contributed by atoms with Crippen molar-refractivity contribution in [3.8, 4) is 0 Å². The van der Waals surface area contributed by atoms with Gasteiger partial charge in [-0.05, 0) is 36.6 Å². The van der Waals surface area contributed by atoms with Crippen molar-refractivity contribution in [2.75, 3.05) is 44.1 Å². The minimum atomic E-state index is -0.302. The van der Waals surface area contributed by atoms with Crippen LogP contribution in [-0.4, -0.2) is 65.4 Å². The van der Waals surface area contributed by atoms with E-state index in [1.807, 2.05) is 30.5 Å². The molecule has 0 saturated carbocycles. The number of carbonyl (C=O) groups is 1. The highest BCUT2D eigenvalue weighted by Crippen LogP contribution is 2.32. The second-order valence-corrected chi connectivity index (χ2v) is 9.14. The first kappa shape index (κ1) is 21.3. The van der Waals surface area contributed by atoms with Crippen molar-refractivity contribution in [2.45, 2.75) is 5.16 Å². The summed E-state index contributed by atoms with van der Waals surface area (Å²) in [6.45, 7) is 3.24. The number of hydrogen-bond donors (Lipinski definition) is 0. The number of anilines is 1. The number of amides is 1. The Bertz CT molecular complexity index is 1300. The van der Waals surface area contributed by atoms with Crippen LogP contribution >= 0.6 is 27.7 Å². The van der Waals surface area contributed by atoms with Gasteiger partial charge in [0.25, 0.3) is 11.5 Å². The quantitative estimate of drug-likeness (QED) is 0.394. The molecule has 5 rings (SSSR count). The number of aromatic nitrogens is 2. The monoisotopic (exact) mass is 513 g/mol. The standard InChI is InChI=1S/C22H20BrN5O3S/c1-32-22-24-17-5-3-2-4-15(17)20(29)28(22)25-19-16-12-14(23)6-7-18(16)27(21(19)30)13-26-8-10-31-11-9-26/h2-7,12H,8-11,13H2,1H3/b25-19-. The van der Waals surface area contributed by atoms with Crippen LogP contribution in [0.5, 0.6) is 0 Å². The Morgan fingerprint density at radius 3 is 2.72 bits per heavy atom. The van der Waals surface area contributed by atoms with Crippen molar-refractivity contribution < 1.29 is 9.53 Å². The number of morpholine rings is 1. The Labute approximate surface area is 197 Å². The van der Waals surface area contributed by atoms with Gasteiger partial charge in [0, 0.05) is 23.1 Å². The van der Waals surface area contributed by atoms with Crippen LogP contribution in [0.4, 0.5) is 5.69 Å². The van der Waals surface area contributed by atoms with Gasteiger partial charge in [-0.25, -0.2) is 4.98 Å². The SMILES string of the molecule is CSc1nc2ccccc2c(=O)n1/N=C1\C(=O)N(CN2CCOCC2)c2ccc(Br)cc21. The number of fused-ring (bicyclic) bond motifs is 2. The molecule has 10 heteroatoms. The third-order valence-corrected chi connectivity index (χ3v) is 6.63. The Kier molecular flexibility index (Phi) is 5.85. The molecular weight excluding hydrogens is 494 g/mol. The minimum absolute atomic E-state index is 0.226. The Hall–Kier alpha value is -2.53. The first-order valence-corrected chi connectivity index (χ1v) is 12.2. The lowest BCUT2D eigenvalue weighted by atomic mass is 10.1. The first-order chi connectivity index (χ1) is 15.6. The summed E-state index contributed by atoms with van der Waals surface area (Å²) in [5.74, 6) is -0.239. The largest absolute Gasteiger partial charge is 0.379 e. The number of halogens is 1. The van der Waals surface area contributed by atoms with E-state index in [1.54, 1.807) is 23.1 Å². The maximum atomic E-state index is 13.5. The van der Waals surface area contributed by atoms with Crippen molar-refractivity contribution in [1.29, 1.82) is 0 Å². The summed E-state index contributed by atoms with van der Waals surface area (Å²) in [5, 5.41) is 5.45. The average Bonchev–Trinajstić information content (AvgIpc) is 3.06. The molecule has 0 atom stereocenters. The summed E-state index contributed by atoms with van der Waals surface area (Å²) in [5.41, 5.74) is 1.99. The summed E-state index contributed by atoms with van der Waals surface area (Å²) in [6.07, 6.45) is 1.83. The second-order valence-electron chi connectivity index (χ2n) is 7.45. The maximum Gasteiger partial charge on any atom is 0.282 e. The van der Waals surface area contributed by atoms with Gasteiger partial charge in [0.1, 0.15) is 0 Å². The summed E-state index contributed by atoms with van der Waals surface area (Å²) < 4.78 is 7.50. The Morgan fingerprint density at radius 2 is 1.94 bits per heavy atom. The molecule has 2 aromatic carbocycles. The summed E-state index contributed by atoms with van der Waals surface area (Å²) >= 11 is 4.81. The van der Waals surface area contributed by atoms with E-state index < -0.39 is 0 Å². The zero-order valence-corrected chi connectivity index (χ0v) is 19.7. The average molecular weight is 514 g/mol. The van der Waals surface area contributed by atoms with Crippen LogP contribution in [0.2, 0.25) is 0 Å². The van der Waals surface area contributed by atoms with Crippen LogP contribution < -0.4 is 10.5 Å². The third kappa shape index (κ3) is 3.77. The fraction of sp³-hybridized carbons (Fsp3) is 0.273. The van der Waals surface area contributed by atoms with E-state index in [1.165, 1.54) is 16.4 Å². The number of carbonyl (C=O) groups excluding carboxylic acids is 1. The van der Waals surface area contributed by atoms with Crippen LogP contribution in [0.15, 0.2) is 62.0 Å². The topological polar surface area (TPSA) is 80.0 Å². The summed E-state index contributed by atoms with van der Waals surface area (Å²) in [7, 11) is 0. The van der Waals surface area contributed by atoms with Gasteiger partial charge < -0.3 is 4.74 Å². The van der Waals surface area contributed by atoms with E-state index >= 15 is 0 Å². The molecule has 0 radical (unpaired) electrons. The van der Waals surface area contributed by atoms with Crippen molar-refractivity contribution in [3.05, 3.63) is 62.9 Å². The molecule has 2 aliphatic rings. The fourth-order valence-electron chi connectivity index (χ4n) is 3.89. The van der Waals surface area contributed by atoms with Crippen molar-refractivity contribution in [3.63, 3.8) is 0 Å². The molecule has 0 bridgehead atoms. The number of benzene rings is 2. The molecule has 3 heterocycles. The summed E-state index contributed by atoms with van der Waals surface area (Å²) in [6, 6.07) is 12.8. The molecule has 164 valence electrons. The molecule has 2 aliphatic heterocycles. The van der Waals surface area contributed by atoms with Crippen LogP contribution in [0.25, 0.3) is 10.9 Å². The van der Waals surface area contributed by atoms with E-state index in [-0.39, 0.29) is 17.2 Å². The van der Waals surface area contributed by atoms with Gasteiger partial charge in [-0.15, -0.1) is 0 Å². The molecule has 0 unspecified atom stereocenters. The molecule has 3 aromatic rings. The molecule has 1 fully saturated rings. The van der Waals surface area contributed by atoms with Crippen LogP contribution in [0, 0.1) is 0 Å². The smallest absolute Gasteiger partial charge is 0.282 e. The van der Waals surface area contributed by atoms with Crippen molar-refractivity contribution in [2.24, 2.45) is 5.10 Å². The highest BCUT2D eigenvalue weighted by atomic mass is 79.9. The van der Waals surface area contributed by atoms with Gasteiger partial charge >= 0.3 is 0 Å². The van der Waals surface area contributed by atoms with Crippen LogP contribution in [0.1, 0.15) is 5.56 Å². The van der Waals surface area contributed by atoms with E-state index in [9.17, 15) is 9.59 Å². The van der Waals surface area contributed by atoms with E-state index in [2.05, 4.69) is 30.9 Å². The zero-order chi connectivity index (χ0) is 22.2. The molecular formula is C22H20BrN5O3S. The molecule has 0 aliphatic carbocycles. The van der Waals surface area contributed by atoms with Crippen LogP contribution in [0.3, 0.4) is 0 Å². The zero-order valence-electron chi connectivity index (χ0n) is 17.3. The van der Waals surface area contributed by atoms with Gasteiger partial charge in [-0.3, -0.25) is 19.4 Å². The molecule has 32 heavy (non-hydrogen) atoms. The number of rotatable bonds is 4. The predicted octanol–water partition coefficient (Wildman–Crippen LogP) is 2.77. The number of thioether (sulfide) groups is 1. The molecule has 1 amide bonds. The highest BCUT2D eigenvalue weighted by Gasteiger charge is 2.36. The van der Waals surface area contributed by atoms with Crippen molar-refractivity contribution in [1.82, 2.24) is 14.6 Å². The van der Waals surface area contributed by atoms with Gasteiger partial charge in [-0.2, -0.15) is 9.78 Å². The first-order valence-electron chi connectivity index (χ1n) is 10.1.